The molecule has 0 saturated heterocycles. The van der Waals surface area contributed by atoms with Crippen LogP contribution in [0.3, 0.4) is 0 Å². The predicted molar refractivity (Wildman–Crippen MR) is 260 cm³/mol. The van der Waals surface area contributed by atoms with Gasteiger partial charge in [0.1, 0.15) is 0 Å². The van der Waals surface area contributed by atoms with Gasteiger partial charge in [-0.25, -0.2) is 0 Å². The molecule has 6 aromatic carbocycles. The van der Waals surface area contributed by atoms with E-state index in [0.29, 0.717) is 5.92 Å². The molecule has 9 aromatic rings. The van der Waals surface area contributed by atoms with Gasteiger partial charge in [-0.1, -0.05) is 190 Å². The molecule has 6 heteroatoms. The van der Waals surface area contributed by atoms with Gasteiger partial charge in [0.25, 0.3) is 0 Å². The summed E-state index contributed by atoms with van der Waals surface area (Å²) in [6, 6.07) is 56.8. The van der Waals surface area contributed by atoms with Crippen molar-refractivity contribution in [1.82, 2.24) is 14.5 Å². The summed E-state index contributed by atoms with van der Waals surface area (Å²) in [5.41, 5.74) is 13.9. The van der Waals surface area contributed by atoms with Crippen LogP contribution in [-0.2, 0) is 31.9 Å². The van der Waals surface area contributed by atoms with Crippen molar-refractivity contribution < 1.29 is 20.1 Å². The van der Waals surface area contributed by atoms with E-state index in [-0.39, 0.29) is 25.5 Å². The number of rotatable bonds is 8. The van der Waals surface area contributed by atoms with Gasteiger partial charge in [0.15, 0.2) is 0 Å². The van der Waals surface area contributed by atoms with Crippen LogP contribution in [0.5, 0.6) is 0 Å². The zero-order chi connectivity index (χ0) is 42.0. The smallest absolute Gasteiger partial charge is 0.0798 e. The van der Waals surface area contributed by atoms with E-state index in [0.717, 1.165) is 45.8 Å². The van der Waals surface area contributed by atoms with E-state index in [9.17, 15) is 0 Å². The van der Waals surface area contributed by atoms with E-state index in [1.807, 2.05) is 18.2 Å². The predicted octanol–water partition coefficient (Wildman–Crippen LogP) is 14.6. The summed E-state index contributed by atoms with van der Waals surface area (Å²) in [4.78, 5) is 9.95. The van der Waals surface area contributed by atoms with Gasteiger partial charge >= 0.3 is 0 Å². The maximum Gasteiger partial charge on any atom is 0.0798 e. The van der Waals surface area contributed by atoms with Crippen molar-refractivity contribution in [3.05, 3.63) is 180 Å². The van der Waals surface area contributed by atoms with Gasteiger partial charge in [-0.2, -0.15) is 0 Å². The third kappa shape index (κ3) is 9.49. The fourth-order valence-corrected chi connectivity index (χ4v) is 10.5. The van der Waals surface area contributed by atoms with Gasteiger partial charge < -0.3 is 9.55 Å². The van der Waals surface area contributed by atoms with Gasteiger partial charge in [-0.3, -0.25) is 16.3 Å². The zero-order valence-electron chi connectivity index (χ0n) is 36.4. The van der Waals surface area contributed by atoms with E-state index in [4.69, 9.17) is 4.98 Å². The molecule has 3 heterocycles. The normalized spacial score (nSPS) is 11.7. The molecular formula is C55H53IrN3SSi-2. The minimum atomic E-state index is -1.34. The van der Waals surface area contributed by atoms with Gasteiger partial charge in [-0.15, -0.1) is 47.3 Å². The zero-order valence-corrected chi connectivity index (χ0v) is 40.6. The topological polar surface area (TPSA) is 30.7 Å². The summed E-state index contributed by atoms with van der Waals surface area (Å²) < 4.78 is 3.59. The molecule has 0 fully saturated rings. The van der Waals surface area contributed by atoms with Crippen molar-refractivity contribution in [3.63, 3.8) is 0 Å². The third-order valence-electron chi connectivity index (χ3n) is 11.0. The number of aromatic nitrogens is 3. The SMILES string of the molecule is CC(C)(C)c1ccc2c(-c3nc4ccccc4n3-c3c(-c4ccccc4)cccc3-c3ccccc3)[c-]sc2c1.CC(C)Cc1cc(-c2[c-]cccc2)ncc1[Si](C)(C)C.[Ir]. The molecule has 0 N–H and O–H groups in total. The standard InChI is InChI=1S/C37H29N2S.C18H24NSi.Ir/c1-37(2,3)27-21-22-30-31(24-40-34(30)23-27)36-38-32-19-10-11-20-33(32)39(36)35-28(25-13-6-4-7-14-25)17-12-18-29(35)26-15-8-5-9-16-26;1-14(2)11-16-12-17(15-9-7-6-8-10-15)19-13-18(16)20(3,4)5;/h4-23H,1-3H3;6-9,12-14H,11H2,1-5H3;/q2*-1;. The van der Waals surface area contributed by atoms with Crippen molar-refractivity contribution in [2.75, 3.05) is 0 Å². The Labute approximate surface area is 381 Å². The maximum atomic E-state index is 5.26. The first-order valence-corrected chi connectivity index (χ1v) is 25.3. The molecule has 0 saturated carbocycles. The second-order valence-electron chi connectivity index (χ2n) is 18.1. The Morgan fingerprint density at radius 3 is 1.97 bits per heavy atom. The molecule has 0 spiro atoms. The number of hydrogen-bond acceptors (Lipinski definition) is 3. The number of thiophene rings is 1. The Morgan fingerprint density at radius 1 is 0.721 bits per heavy atom. The molecule has 0 amide bonds. The van der Waals surface area contributed by atoms with E-state index < -0.39 is 8.07 Å². The van der Waals surface area contributed by atoms with E-state index in [1.54, 1.807) is 11.3 Å². The Morgan fingerprint density at radius 2 is 1.36 bits per heavy atom. The molecule has 0 bridgehead atoms. The van der Waals surface area contributed by atoms with Crippen molar-refractivity contribution in [2.24, 2.45) is 5.92 Å². The van der Waals surface area contributed by atoms with Crippen LogP contribution in [0.4, 0.5) is 0 Å². The molecule has 3 aromatic heterocycles. The van der Waals surface area contributed by atoms with Crippen LogP contribution in [0.1, 0.15) is 45.7 Å². The molecule has 61 heavy (non-hydrogen) atoms. The molecule has 1 radical (unpaired) electrons. The largest absolute Gasteiger partial charge is 0.332 e. The fourth-order valence-electron chi connectivity index (χ4n) is 7.99. The van der Waals surface area contributed by atoms with Crippen molar-refractivity contribution in [1.29, 1.82) is 0 Å². The Bertz CT molecular complexity index is 2830. The first kappa shape index (κ1) is 43.8. The molecule has 0 atom stereocenters. The number of fused-ring (bicyclic) bond motifs is 2. The summed E-state index contributed by atoms with van der Waals surface area (Å²) in [6.07, 6.45) is 3.24. The second kappa shape index (κ2) is 18.4. The third-order valence-corrected chi connectivity index (χ3v) is 13.9. The van der Waals surface area contributed by atoms with Crippen LogP contribution >= 0.6 is 11.3 Å². The van der Waals surface area contributed by atoms with E-state index in [2.05, 4.69) is 215 Å². The first-order chi connectivity index (χ1) is 28.9. The van der Waals surface area contributed by atoms with E-state index in [1.165, 1.54) is 48.7 Å². The monoisotopic (exact) mass is 1010 g/mol. The number of hydrogen-bond donors (Lipinski definition) is 0. The Hall–Kier alpha value is -5.23. The summed E-state index contributed by atoms with van der Waals surface area (Å²) >= 11 is 1.68. The number of para-hydroxylation sites is 3. The van der Waals surface area contributed by atoms with Crippen LogP contribution in [0.2, 0.25) is 19.6 Å². The number of pyridine rings is 1. The van der Waals surface area contributed by atoms with Crippen LogP contribution in [0.25, 0.3) is 71.7 Å². The van der Waals surface area contributed by atoms with Crippen molar-refractivity contribution in [3.8, 4) is 50.6 Å². The molecule has 309 valence electrons. The fraction of sp³-hybridized carbons (Fsp3) is 0.200. The molecule has 0 unspecified atom stereocenters. The molecule has 3 nitrogen and oxygen atoms in total. The minimum absolute atomic E-state index is 0. The minimum Gasteiger partial charge on any atom is -0.332 e. The summed E-state index contributed by atoms with van der Waals surface area (Å²) in [6.45, 7) is 18.5. The van der Waals surface area contributed by atoms with Crippen LogP contribution in [0, 0.1) is 17.4 Å². The Balaban J connectivity index is 0.000000226. The summed E-state index contributed by atoms with van der Waals surface area (Å²) in [5.74, 6) is 1.58. The quantitative estimate of drug-likeness (QED) is 0.112. The van der Waals surface area contributed by atoms with Crippen molar-refractivity contribution >= 4 is 45.7 Å². The summed E-state index contributed by atoms with van der Waals surface area (Å²) in [5, 5.41) is 6.34. The van der Waals surface area contributed by atoms with Crippen LogP contribution < -0.4 is 5.19 Å². The number of nitrogens with zero attached hydrogens (tertiary/aromatic N) is 3. The van der Waals surface area contributed by atoms with Crippen LogP contribution in [0.15, 0.2) is 158 Å². The second-order valence-corrected chi connectivity index (χ2v) is 24.0. The number of benzene rings is 6. The van der Waals surface area contributed by atoms with E-state index >= 15 is 0 Å². The van der Waals surface area contributed by atoms with Gasteiger partial charge in [-0.05, 0) is 51.9 Å². The van der Waals surface area contributed by atoms with Gasteiger partial charge in [0, 0.05) is 37.4 Å². The number of imidazole rings is 1. The molecule has 9 rings (SSSR count). The molecular weight excluding hydrogens is 955 g/mol. The average Bonchev–Trinajstić information content (AvgIpc) is 3.85. The first-order valence-electron chi connectivity index (χ1n) is 21.0. The maximum absolute atomic E-state index is 5.26. The Kier molecular flexibility index (Phi) is 13.2. The molecule has 0 aliphatic rings. The molecule has 0 aliphatic carbocycles. The van der Waals surface area contributed by atoms with Gasteiger partial charge in [0.2, 0.25) is 0 Å². The van der Waals surface area contributed by atoms with Gasteiger partial charge in [0.05, 0.1) is 30.6 Å². The van der Waals surface area contributed by atoms with Crippen LogP contribution in [-0.4, -0.2) is 22.6 Å². The average molecular weight is 1010 g/mol. The van der Waals surface area contributed by atoms with Crippen molar-refractivity contribution in [2.45, 2.75) is 66.1 Å². The summed E-state index contributed by atoms with van der Waals surface area (Å²) in [7, 11) is -1.34. The molecule has 0 aliphatic heterocycles.